The number of hydrogen-bond acceptors (Lipinski definition) is 2. The molecule has 0 spiro atoms. The van der Waals surface area contributed by atoms with Crippen molar-refractivity contribution in [1.29, 1.82) is 0 Å². The summed E-state index contributed by atoms with van der Waals surface area (Å²) in [4.78, 5) is 0. The summed E-state index contributed by atoms with van der Waals surface area (Å²) in [6, 6.07) is 2.56. The minimum absolute atomic E-state index is 0.533. The highest BCUT2D eigenvalue weighted by molar-refractivity contribution is 5.35. The molecule has 2 atom stereocenters. The SMILES string of the molecule is CC(Nc1ccnn1C)C1CC1(C)C. The summed E-state index contributed by atoms with van der Waals surface area (Å²) in [6.45, 7) is 6.92. The molecule has 3 nitrogen and oxygen atoms in total. The Bertz CT molecular complexity index is 327. The minimum atomic E-state index is 0.533. The van der Waals surface area contributed by atoms with Gasteiger partial charge in [0.2, 0.25) is 0 Å². The lowest BCUT2D eigenvalue weighted by Crippen LogP contribution is -2.21. The van der Waals surface area contributed by atoms with Gasteiger partial charge in [-0.15, -0.1) is 0 Å². The number of rotatable bonds is 3. The van der Waals surface area contributed by atoms with Crippen LogP contribution in [0.15, 0.2) is 12.3 Å². The van der Waals surface area contributed by atoms with Crippen LogP contribution in [-0.2, 0) is 7.05 Å². The van der Waals surface area contributed by atoms with E-state index in [1.54, 1.807) is 0 Å². The van der Waals surface area contributed by atoms with E-state index in [1.807, 2.05) is 24.0 Å². The fourth-order valence-electron chi connectivity index (χ4n) is 2.21. The zero-order valence-electron chi connectivity index (χ0n) is 9.41. The smallest absolute Gasteiger partial charge is 0.124 e. The van der Waals surface area contributed by atoms with Crippen molar-refractivity contribution in [1.82, 2.24) is 9.78 Å². The molecule has 78 valence electrons. The average Bonchev–Trinajstić information content (AvgIpc) is 2.54. The Morgan fingerprint density at radius 2 is 2.29 bits per heavy atom. The first-order valence-corrected chi connectivity index (χ1v) is 5.25. The number of aryl methyl sites for hydroxylation is 1. The van der Waals surface area contributed by atoms with Gasteiger partial charge in [0.05, 0.1) is 6.20 Å². The second kappa shape index (κ2) is 3.01. The van der Waals surface area contributed by atoms with Crippen LogP contribution in [0.1, 0.15) is 27.2 Å². The number of aromatic nitrogens is 2. The van der Waals surface area contributed by atoms with Crippen LogP contribution in [0.2, 0.25) is 0 Å². The van der Waals surface area contributed by atoms with Gasteiger partial charge in [0, 0.05) is 19.2 Å². The van der Waals surface area contributed by atoms with E-state index >= 15 is 0 Å². The zero-order chi connectivity index (χ0) is 10.3. The summed E-state index contributed by atoms with van der Waals surface area (Å²) in [5, 5.41) is 7.65. The first-order chi connectivity index (χ1) is 6.50. The molecule has 0 bridgehead atoms. The van der Waals surface area contributed by atoms with E-state index in [-0.39, 0.29) is 0 Å². The van der Waals surface area contributed by atoms with E-state index in [2.05, 4.69) is 31.2 Å². The standard InChI is InChI=1S/C11H19N3/c1-8(9-7-11(9,2)3)13-10-5-6-12-14(10)4/h5-6,8-9,13H,7H2,1-4H3. The highest BCUT2D eigenvalue weighted by atomic mass is 15.3. The van der Waals surface area contributed by atoms with Gasteiger partial charge in [-0.05, 0) is 24.7 Å². The van der Waals surface area contributed by atoms with Gasteiger partial charge in [-0.3, -0.25) is 4.68 Å². The van der Waals surface area contributed by atoms with E-state index in [1.165, 1.54) is 6.42 Å². The Kier molecular flexibility index (Phi) is 2.05. The van der Waals surface area contributed by atoms with Crippen LogP contribution in [0.3, 0.4) is 0 Å². The van der Waals surface area contributed by atoms with E-state index in [0.29, 0.717) is 11.5 Å². The summed E-state index contributed by atoms with van der Waals surface area (Å²) in [5.41, 5.74) is 0.533. The number of hydrogen-bond donors (Lipinski definition) is 1. The fourth-order valence-corrected chi connectivity index (χ4v) is 2.21. The summed E-state index contributed by atoms with van der Waals surface area (Å²) in [5.74, 6) is 1.91. The van der Waals surface area contributed by atoms with Crippen LogP contribution in [0.25, 0.3) is 0 Å². The van der Waals surface area contributed by atoms with E-state index in [4.69, 9.17) is 0 Å². The summed E-state index contributed by atoms with van der Waals surface area (Å²) in [6.07, 6.45) is 3.16. The molecule has 0 saturated heterocycles. The highest BCUT2D eigenvalue weighted by Crippen LogP contribution is 2.53. The largest absolute Gasteiger partial charge is 0.368 e. The molecule has 0 aromatic carbocycles. The highest BCUT2D eigenvalue weighted by Gasteiger charge is 2.48. The first kappa shape index (κ1) is 9.56. The second-order valence-electron chi connectivity index (χ2n) is 5.07. The molecule has 1 aromatic heterocycles. The molecule has 1 aliphatic carbocycles. The molecule has 14 heavy (non-hydrogen) atoms. The molecule has 2 unspecified atom stereocenters. The molecule has 2 rings (SSSR count). The van der Waals surface area contributed by atoms with Gasteiger partial charge in [0.1, 0.15) is 5.82 Å². The Morgan fingerprint density at radius 3 is 2.71 bits per heavy atom. The van der Waals surface area contributed by atoms with Gasteiger partial charge >= 0.3 is 0 Å². The Labute approximate surface area is 85.5 Å². The molecule has 0 aliphatic heterocycles. The fraction of sp³-hybridized carbons (Fsp3) is 0.727. The monoisotopic (exact) mass is 193 g/mol. The van der Waals surface area contributed by atoms with Gasteiger partial charge < -0.3 is 5.32 Å². The molecular weight excluding hydrogens is 174 g/mol. The molecule has 1 N–H and O–H groups in total. The predicted octanol–water partition coefficient (Wildman–Crippen LogP) is 2.27. The summed E-state index contributed by atoms with van der Waals surface area (Å²) in [7, 11) is 1.97. The van der Waals surface area contributed by atoms with Crippen LogP contribution in [-0.4, -0.2) is 15.8 Å². The molecule has 1 saturated carbocycles. The molecule has 3 heteroatoms. The van der Waals surface area contributed by atoms with E-state index in [9.17, 15) is 0 Å². The lowest BCUT2D eigenvalue weighted by atomic mass is 10.1. The van der Waals surface area contributed by atoms with Crippen molar-refractivity contribution in [2.75, 3.05) is 5.32 Å². The first-order valence-electron chi connectivity index (χ1n) is 5.25. The Balaban J connectivity index is 1.96. The predicted molar refractivity (Wildman–Crippen MR) is 58.2 cm³/mol. The topological polar surface area (TPSA) is 29.9 Å². The van der Waals surface area contributed by atoms with Crippen molar-refractivity contribution in [3.05, 3.63) is 12.3 Å². The molecular formula is C11H19N3. The van der Waals surface area contributed by atoms with Crippen molar-refractivity contribution in [3.63, 3.8) is 0 Å². The van der Waals surface area contributed by atoms with Gasteiger partial charge in [-0.2, -0.15) is 5.10 Å². The van der Waals surface area contributed by atoms with E-state index < -0.39 is 0 Å². The second-order valence-corrected chi connectivity index (χ2v) is 5.07. The van der Waals surface area contributed by atoms with E-state index in [0.717, 1.165) is 11.7 Å². The van der Waals surface area contributed by atoms with Crippen molar-refractivity contribution in [2.24, 2.45) is 18.4 Å². The Hall–Kier alpha value is -0.990. The maximum absolute atomic E-state index is 4.14. The molecule has 0 radical (unpaired) electrons. The van der Waals surface area contributed by atoms with Crippen LogP contribution in [0, 0.1) is 11.3 Å². The molecule has 1 aromatic rings. The van der Waals surface area contributed by atoms with Crippen molar-refractivity contribution in [3.8, 4) is 0 Å². The van der Waals surface area contributed by atoms with Crippen LogP contribution in [0.4, 0.5) is 5.82 Å². The summed E-state index contributed by atoms with van der Waals surface area (Å²) < 4.78 is 1.88. The molecule has 1 heterocycles. The van der Waals surface area contributed by atoms with Crippen LogP contribution in [0.5, 0.6) is 0 Å². The maximum atomic E-state index is 4.14. The maximum Gasteiger partial charge on any atom is 0.124 e. The third-order valence-electron chi connectivity index (χ3n) is 3.39. The molecule has 0 amide bonds. The van der Waals surface area contributed by atoms with Gasteiger partial charge in [0.25, 0.3) is 0 Å². The number of nitrogens with zero attached hydrogens (tertiary/aromatic N) is 2. The van der Waals surface area contributed by atoms with Crippen LogP contribution >= 0.6 is 0 Å². The number of anilines is 1. The van der Waals surface area contributed by atoms with Crippen molar-refractivity contribution >= 4 is 5.82 Å². The third-order valence-corrected chi connectivity index (χ3v) is 3.39. The lowest BCUT2D eigenvalue weighted by Gasteiger charge is -2.16. The summed E-state index contributed by atoms with van der Waals surface area (Å²) >= 11 is 0. The minimum Gasteiger partial charge on any atom is -0.368 e. The van der Waals surface area contributed by atoms with Gasteiger partial charge in [-0.25, -0.2) is 0 Å². The van der Waals surface area contributed by atoms with Crippen molar-refractivity contribution in [2.45, 2.75) is 33.2 Å². The van der Waals surface area contributed by atoms with Crippen LogP contribution < -0.4 is 5.32 Å². The average molecular weight is 193 g/mol. The normalized spacial score (nSPS) is 25.9. The van der Waals surface area contributed by atoms with Crippen molar-refractivity contribution < 1.29 is 0 Å². The quantitative estimate of drug-likeness (QED) is 0.798. The lowest BCUT2D eigenvalue weighted by molar-refractivity contribution is 0.516. The van der Waals surface area contributed by atoms with Gasteiger partial charge in [-0.1, -0.05) is 13.8 Å². The third kappa shape index (κ3) is 1.63. The Morgan fingerprint density at radius 1 is 1.64 bits per heavy atom. The molecule has 1 aliphatic rings. The number of nitrogens with one attached hydrogen (secondary N) is 1. The zero-order valence-corrected chi connectivity index (χ0v) is 9.41. The molecule has 1 fully saturated rings. The van der Waals surface area contributed by atoms with Gasteiger partial charge in [0.15, 0.2) is 0 Å².